The number of halogens is 2. The second-order valence-corrected chi connectivity index (χ2v) is 5.02. The van der Waals surface area contributed by atoms with E-state index in [1.54, 1.807) is 13.0 Å². The lowest BCUT2D eigenvalue weighted by molar-refractivity contribution is 0.503. The molecule has 0 atom stereocenters. The molecular formula is C16H14F2. The predicted molar refractivity (Wildman–Crippen MR) is 68.7 cm³/mol. The predicted octanol–water partition coefficient (Wildman–Crippen LogP) is 4.35. The number of fused-ring (bicyclic) bond motifs is 3. The van der Waals surface area contributed by atoms with Crippen LogP contribution >= 0.6 is 0 Å². The highest BCUT2D eigenvalue weighted by molar-refractivity contribution is 5.74. The van der Waals surface area contributed by atoms with E-state index in [1.807, 2.05) is 19.1 Å². The molecule has 0 spiro atoms. The summed E-state index contributed by atoms with van der Waals surface area (Å²) in [6.07, 6.45) is 1.68. The minimum Gasteiger partial charge on any atom is -0.203 e. The molecule has 1 aliphatic rings. The average molecular weight is 244 g/mol. The Balaban J connectivity index is 2.33. The molecule has 0 unspecified atom stereocenters. The molecule has 0 amide bonds. The first-order valence-electron chi connectivity index (χ1n) is 6.15. The summed E-state index contributed by atoms with van der Waals surface area (Å²) in [5.74, 6) is -1.42. The zero-order chi connectivity index (χ0) is 12.9. The molecule has 2 aromatic carbocycles. The summed E-state index contributed by atoms with van der Waals surface area (Å²) >= 11 is 0. The monoisotopic (exact) mass is 244 g/mol. The van der Waals surface area contributed by atoms with Crippen molar-refractivity contribution < 1.29 is 8.78 Å². The smallest absolute Gasteiger partial charge is 0.167 e. The minimum absolute atomic E-state index is 0.391. The van der Waals surface area contributed by atoms with Crippen LogP contribution in [0.25, 0.3) is 11.1 Å². The van der Waals surface area contributed by atoms with E-state index in [-0.39, 0.29) is 0 Å². The lowest BCUT2D eigenvalue weighted by atomic mass is 9.83. The Hall–Kier alpha value is -1.70. The largest absolute Gasteiger partial charge is 0.203 e. The molecule has 0 radical (unpaired) electrons. The van der Waals surface area contributed by atoms with Crippen LogP contribution in [0.2, 0.25) is 0 Å². The van der Waals surface area contributed by atoms with Crippen LogP contribution in [-0.4, -0.2) is 0 Å². The highest BCUT2D eigenvalue weighted by atomic mass is 19.2. The normalized spacial score (nSPS) is 13.1. The third kappa shape index (κ3) is 1.56. The van der Waals surface area contributed by atoms with Gasteiger partial charge in [-0.3, -0.25) is 0 Å². The molecule has 0 saturated carbocycles. The second-order valence-electron chi connectivity index (χ2n) is 5.02. The maximum absolute atomic E-state index is 14.1. The molecule has 0 N–H and O–H groups in total. The average Bonchev–Trinajstić information content (AvgIpc) is 2.35. The molecule has 0 aromatic heterocycles. The topological polar surface area (TPSA) is 0 Å². The lowest BCUT2D eigenvalue weighted by Gasteiger charge is -2.22. The Morgan fingerprint density at radius 3 is 2.39 bits per heavy atom. The Kier molecular flexibility index (Phi) is 2.47. The third-order valence-corrected chi connectivity index (χ3v) is 3.66. The molecule has 0 heterocycles. The fourth-order valence-corrected chi connectivity index (χ4v) is 2.75. The molecule has 2 heteroatoms. The summed E-state index contributed by atoms with van der Waals surface area (Å²) in [4.78, 5) is 0. The van der Waals surface area contributed by atoms with Gasteiger partial charge in [0.15, 0.2) is 11.6 Å². The maximum Gasteiger partial charge on any atom is 0.167 e. The number of aryl methyl sites for hydroxylation is 4. The van der Waals surface area contributed by atoms with Crippen molar-refractivity contribution in [3.8, 4) is 11.1 Å². The van der Waals surface area contributed by atoms with Crippen LogP contribution in [0, 0.1) is 25.5 Å². The van der Waals surface area contributed by atoms with Gasteiger partial charge >= 0.3 is 0 Å². The Morgan fingerprint density at radius 2 is 1.61 bits per heavy atom. The van der Waals surface area contributed by atoms with E-state index in [0.717, 1.165) is 35.1 Å². The van der Waals surface area contributed by atoms with Crippen LogP contribution in [0.1, 0.15) is 22.3 Å². The molecule has 18 heavy (non-hydrogen) atoms. The van der Waals surface area contributed by atoms with Crippen LogP contribution < -0.4 is 0 Å². The van der Waals surface area contributed by atoms with Gasteiger partial charge in [0.1, 0.15) is 0 Å². The van der Waals surface area contributed by atoms with E-state index in [1.165, 1.54) is 0 Å². The maximum atomic E-state index is 14.1. The van der Waals surface area contributed by atoms with Gasteiger partial charge in [0, 0.05) is 5.56 Å². The summed E-state index contributed by atoms with van der Waals surface area (Å²) < 4.78 is 27.9. The molecule has 1 aliphatic carbocycles. The number of benzene rings is 2. The quantitative estimate of drug-likeness (QED) is 0.646. The first-order valence-corrected chi connectivity index (χ1v) is 6.15. The van der Waals surface area contributed by atoms with Gasteiger partial charge in [-0.25, -0.2) is 8.78 Å². The van der Waals surface area contributed by atoms with Crippen molar-refractivity contribution in [2.24, 2.45) is 0 Å². The molecular weight excluding hydrogens is 230 g/mol. The fourth-order valence-electron chi connectivity index (χ4n) is 2.75. The van der Waals surface area contributed by atoms with Gasteiger partial charge in [0.2, 0.25) is 0 Å². The van der Waals surface area contributed by atoms with Gasteiger partial charge in [-0.1, -0.05) is 29.8 Å². The van der Waals surface area contributed by atoms with Gasteiger partial charge in [0.25, 0.3) is 0 Å². The van der Waals surface area contributed by atoms with Crippen molar-refractivity contribution in [2.75, 3.05) is 0 Å². The first-order chi connectivity index (χ1) is 8.58. The van der Waals surface area contributed by atoms with Crippen molar-refractivity contribution in [3.05, 3.63) is 58.2 Å². The third-order valence-electron chi connectivity index (χ3n) is 3.66. The molecule has 2 aromatic rings. The molecule has 92 valence electrons. The van der Waals surface area contributed by atoms with Crippen LogP contribution in [0.5, 0.6) is 0 Å². The van der Waals surface area contributed by atoms with Crippen LogP contribution in [0.3, 0.4) is 0 Å². The second kappa shape index (κ2) is 3.91. The molecule has 0 aliphatic heterocycles. The Morgan fingerprint density at radius 1 is 0.889 bits per heavy atom. The summed E-state index contributed by atoms with van der Waals surface area (Å²) in [6.45, 7) is 3.63. The van der Waals surface area contributed by atoms with E-state index >= 15 is 0 Å². The minimum atomic E-state index is -0.720. The van der Waals surface area contributed by atoms with Crippen LogP contribution in [0.15, 0.2) is 24.3 Å². The lowest BCUT2D eigenvalue weighted by Crippen LogP contribution is -2.08. The zero-order valence-corrected chi connectivity index (χ0v) is 10.5. The molecule has 0 bridgehead atoms. The first kappa shape index (κ1) is 11.4. The van der Waals surface area contributed by atoms with Crippen molar-refractivity contribution in [1.29, 1.82) is 0 Å². The summed E-state index contributed by atoms with van der Waals surface area (Å²) in [5.41, 5.74) is 4.89. The standard InChI is InChI=1S/C16H14F2/c1-9-3-6-13-11(7-9)4-5-12-8-10(2)15(17)16(18)14(12)13/h3,6-8H,4-5H2,1-2H3. The van der Waals surface area contributed by atoms with Gasteiger partial charge in [-0.15, -0.1) is 0 Å². The summed E-state index contributed by atoms with van der Waals surface area (Å²) in [7, 11) is 0. The van der Waals surface area contributed by atoms with Crippen molar-refractivity contribution in [3.63, 3.8) is 0 Å². The molecule has 0 fully saturated rings. The summed E-state index contributed by atoms with van der Waals surface area (Å²) in [5, 5.41) is 0. The van der Waals surface area contributed by atoms with Crippen molar-refractivity contribution in [2.45, 2.75) is 26.7 Å². The Labute approximate surface area is 105 Å². The van der Waals surface area contributed by atoms with Gasteiger partial charge in [-0.2, -0.15) is 0 Å². The SMILES string of the molecule is Cc1ccc2c(c1)CCc1cc(C)c(F)c(F)c1-2. The van der Waals surface area contributed by atoms with E-state index < -0.39 is 11.6 Å². The molecule has 3 rings (SSSR count). The van der Waals surface area contributed by atoms with E-state index in [9.17, 15) is 8.78 Å². The van der Waals surface area contributed by atoms with Gasteiger partial charge < -0.3 is 0 Å². The van der Waals surface area contributed by atoms with Crippen LogP contribution in [-0.2, 0) is 12.8 Å². The van der Waals surface area contributed by atoms with E-state index in [4.69, 9.17) is 0 Å². The molecule has 0 saturated heterocycles. The zero-order valence-electron chi connectivity index (χ0n) is 10.5. The number of rotatable bonds is 0. The highest BCUT2D eigenvalue weighted by Gasteiger charge is 2.23. The van der Waals surface area contributed by atoms with Gasteiger partial charge in [0.05, 0.1) is 0 Å². The van der Waals surface area contributed by atoms with E-state index in [2.05, 4.69) is 6.07 Å². The highest BCUT2D eigenvalue weighted by Crippen LogP contribution is 2.37. The summed E-state index contributed by atoms with van der Waals surface area (Å²) in [6, 6.07) is 7.69. The van der Waals surface area contributed by atoms with E-state index in [0.29, 0.717) is 11.1 Å². The van der Waals surface area contributed by atoms with Crippen molar-refractivity contribution >= 4 is 0 Å². The van der Waals surface area contributed by atoms with Gasteiger partial charge in [-0.05, 0) is 48.9 Å². The molecule has 0 nitrogen and oxygen atoms in total. The number of hydrogen-bond acceptors (Lipinski definition) is 0. The Bertz CT molecular complexity index is 642. The van der Waals surface area contributed by atoms with Crippen LogP contribution in [0.4, 0.5) is 8.78 Å². The fraction of sp³-hybridized carbons (Fsp3) is 0.250. The number of hydrogen-bond donors (Lipinski definition) is 0. The van der Waals surface area contributed by atoms with Crippen molar-refractivity contribution in [1.82, 2.24) is 0 Å².